The maximum absolute atomic E-state index is 13.3. The van der Waals surface area contributed by atoms with Crippen molar-refractivity contribution < 1.29 is 33.7 Å². The summed E-state index contributed by atoms with van der Waals surface area (Å²) >= 11 is 6.31. The molecule has 37 heavy (non-hydrogen) atoms. The van der Waals surface area contributed by atoms with Gasteiger partial charge >= 0.3 is 5.97 Å². The highest BCUT2D eigenvalue weighted by Gasteiger charge is 2.46. The molecule has 1 N–H and O–H groups in total. The minimum atomic E-state index is -0.882. The van der Waals surface area contributed by atoms with Crippen LogP contribution in [0, 0.1) is 0 Å². The molecule has 1 aliphatic rings. The van der Waals surface area contributed by atoms with Gasteiger partial charge in [-0.1, -0.05) is 37.6 Å². The summed E-state index contributed by atoms with van der Waals surface area (Å²) < 4.78 is 15.8. The van der Waals surface area contributed by atoms with Gasteiger partial charge < -0.3 is 29.1 Å². The highest BCUT2D eigenvalue weighted by molar-refractivity contribution is 6.46. The molecule has 1 atom stereocenters. The average Bonchev–Trinajstić information content (AvgIpc) is 3.13. The summed E-state index contributed by atoms with van der Waals surface area (Å²) in [6.07, 6.45) is 0. The SMILES string of the molecule is CCN(CC)CCN1C(=O)C(=O)/C(=C(/O)c2cc(Cl)c(OC)cc2OC)C1c1ccc(OC(C)=O)cc1. The van der Waals surface area contributed by atoms with Gasteiger partial charge in [0.15, 0.2) is 0 Å². The summed E-state index contributed by atoms with van der Waals surface area (Å²) in [4.78, 5) is 41.5. The number of ether oxygens (including phenoxy) is 3. The molecule has 2 aromatic carbocycles. The molecule has 1 unspecified atom stereocenters. The molecule has 1 aliphatic heterocycles. The largest absolute Gasteiger partial charge is 0.507 e. The summed E-state index contributed by atoms with van der Waals surface area (Å²) in [5.41, 5.74) is 0.621. The number of methoxy groups -OCH3 is 2. The van der Waals surface area contributed by atoms with Crippen LogP contribution in [0.3, 0.4) is 0 Å². The molecule has 1 amide bonds. The van der Waals surface area contributed by atoms with Crippen LogP contribution in [-0.4, -0.2) is 73.0 Å². The molecule has 0 spiro atoms. The van der Waals surface area contributed by atoms with Crippen LogP contribution in [0.2, 0.25) is 5.02 Å². The molecule has 198 valence electrons. The van der Waals surface area contributed by atoms with Gasteiger partial charge in [0.1, 0.15) is 23.0 Å². The van der Waals surface area contributed by atoms with Crippen LogP contribution in [0.25, 0.3) is 5.76 Å². The Morgan fingerprint density at radius 3 is 2.22 bits per heavy atom. The van der Waals surface area contributed by atoms with Crippen molar-refractivity contribution in [3.63, 3.8) is 0 Å². The number of hydrogen-bond donors (Lipinski definition) is 1. The normalized spacial score (nSPS) is 16.8. The van der Waals surface area contributed by atoms with E-state index in [0.717, 1.165) is 13.1 Å². The number of rotatable bonds is 10. The number of esters is 1. The van der Waals surface area contributed by atoms with Crippen molar-refractivity contribution in [1.82, 2.24) is 9.80 Å². The highest BCUT2D eigenvalue weighted by Crippen LogP contribution is 2.43. The molecule has 1 heterocycles. The van der Waals surface area contributed by atoms with E-state index in [1.165, 1.54) is 38.2 Å². The van der Waals surface area contributed by atoms with E-state index >= 15 is 0 Å². The summed E-state index contributed by atoms with van der Waals surface area (Å²) in [7, 11) is 2.86. The Balaban J connectivity index is 2.17. The molecule has 10 heteroatoms. The lowest BCUT2D eigenvalue weighted by Crippen LogP contribution is -2.38. The molecule has 0 saturated carbocycles. The molecule has 0 aliphatic carbocycles. The van der Waals surface area contributed by atoms with E-state index < -0.39 is 29.5 Å². The van der Waals surface area contributed by atoms with Crippen LogP contribution >= 0.6 is 11.6 Å². The van der Waals surface area contributed by atoms with Gasteiger partial charge in [-0.2, -0.15) is 0 Å². The summed E-state index contributed by atoms with van der Waals surface area (Å²) in [6, 6.07) is 8.51. The number of carbonyl (C=O) groups excluding carboxylic acids is 3. The number of ketones is 1. The third-order valence-corrected chi connectivity index (χ3v) is 6.57. The fourth-order valence-electron chi connectivity index (χ4n) is 4.32. The zero-order valence-electron chi connectivity index (χ0n) is 21.5. The van der Waals surface area contributed by atoms with Gasteiger partial charge in [0, 0.05) is 26.1 Å². The van der Waals surface area contributed by atoms with Gasteiger partial charge in [0.05, 0.1) is 36.4 Å². The number of hydrogen-bond acceptors (Lipinski definition) is 8. The van der Waals surface area contributed by atoms with Gasteiger partial charge in [-0.25, -0.2) is 0 Å². The fourth-order valence-corrected chi connectivity index (χ4v) is 4.56. The van der Waals surface area contributed by atoms with E-state index in [4.69, 9.17) is 25.8 Å². The molecule has 0 radical (unpaired) electrons. The number of halogens is 1. The monoisotopic (exact) mass is 530 g/mol. The average molecular weight is 531 g/mol. The lowest BCUT2D eigenvalue weighted by atomic mass is 9.95. The topological polar surface area (TPSA) is 106 Å². The van der Waals surface area contributed by atoms with E-state index in [1.54, 1.807) is 24.3 Å². The smallest absolute Gasteiger partial charge is 0.308 e. The van der Waals surface area contributed by atoms with Gasteiger partial charge in [-0.05, 0) is 36.9 Å². The number of likely N-dealkylation sites (N-methyl/N-ethyl adjacent to an activating group) is 1. The first-order valence-corrected chi connectivity index (χ1v) is 12.3. The molecular weight excluding hydrogens is 500 g/mol. The van der Waals surface area contributed by atoms with Crippen molar-refractivity contribution in [3.8, 4) is 17.2 Å². The zero-order chi connectivity index (χ0) is 27.3. The molecule has 1 fully saturated rings. The van der Waals surface area contributed by atoms with Crippen molar-refractivity contribution in [2.45, 2.75) is 26.8 Å². The second-order valence-electron chi connectivity index (χ2n) is 8.37. The minimum Gasteiger partial charge on any atom is -0.507 e. The Bertz CT molecular complexity index is 1210. The quantitative estimate of drug-likeness (QED) is 0.161. The fraction of sp³-hybridized carbons (Fsp3) is 0.370. The first-order valence-electron chi connectivity index (χ1n) is 11.9. The number of carbonyl (C=O) groups is 3. The van der Waals surface area contributed by atoms with Crippen LogP contribution in [0.5, 0.6) is 17.2 Å². The Kier molecular flexibility index (Phi) is 9.18. The van der Waals surface area contributed by atoms with E-state index in [-0.39, 0.29) is 28.5 Å². The predicted octanol–water partition coefficient (Wildman–Crippen LogP) is 4.05. The third kappa shape index (κ3) is 5.89. The number of Topliss-reactive ketones (excluding diaryl/α,β-unsaturated/α-hetero) is 1. The first kappa shape index (κ1) is 28.0. The number of likely N-dealkylation sites (tertiary alicyclic amines) is 1. The van der Waals surface area contributed by atoms with Crippen LogP contribution in [-0.2, 0) is 14.4 Å². The van der Waals surface area contributed by atoms with E-state index in [1.807, 2.05) is 13.8 Å². The lowest BCUT2D eigenvalue weighted by Gasteiger charge is -2.28. The lowest BCUT2D eigenvalue weighted by molar-refractivity contribution is -0.140. The van der Waals surface area contributed by atoms with E-state index in [2.05, 4.69) is 4.90 Å². The van der Waals surface area contributed by atoms with Crippen LogP contribution in [0.1, 0.15) is 37.9 Å². The maximum Gasteiger partial charge on any atom is 0.308 e. The van der Waals surface area contributed by atoms with Crippen LogP contribution in [0.4, 0.5) is 0 Å². The molecule has 2 aromatic rings. The van der Waals surface area contributed by atoms with Gasteiger partial charge in [-0.3, -0.25) is 14.4 Å². The van der Waals surface area contributed by atoms with Crippen molar-refractivity contribution in [3.05, 3.63) is 58.1 Å². The number of amides is 1. The van der Waals surface area contributed by atoms with Crippen molar-refractivity contribution in [1.29, 1.82) is 0 Å². The molecule has 0 bridgehead atoms. The Morgan fingerprint density at radius 2 is 1.68 bits per heavy atom. The molecular formula is C27H31ClN2O7. The molecule has 1 saturated heterocycles. The number of aliphatic hydroxyl groups excluding tert-OH is 1. The van der Waals surface area contributed by atoms with Crippen LogP contribution in [0.15, 0.2) is 42.0 Å². The summed E-state index contributed by atoms with van der Waals surface area (Å²) in [6.45, 7) is 7.70. The Labute approximate surface area is 221 Å². The summed E-state index contributed by atoms with van der Waals surface area (Å²) in [5.74, 6) is -1.56. The Morgan fingerprint density at radius 1 is 1.05 bits per heavy atom. The van der Waals surface area contributed by atoms with Crippen molar-refractivity contribution in [2.75, 3.05) is 40.4 Å². The predicted molar refractivity (Wildman–Crippen MR) is 139 cm³/mol. The maximum atomic E-state index is 13.3. The highest BCUT2D eigenvalue weighted by atomic mass is 35.5. The number of benzene rings is 2. The molecule has 9 nitrogen and oxygen atoms in total. The van der Waals surface area contributed by atoms with Crippen molar-refractivity contribution >= 4 is 35.0 Å². The second kappa shape index (κ2) is 12.1. The molecule has 0 aromatic heterocycles. The van der Waals surface area contributed by atoms with Gasteiger partial charge in [0.2, 0.25) is 0 Å². The van der Waals surface area contributed by atoms with Gasteiger partial charge in [0.25, 0.3) is 11.7 Å². The Hall–Kier alpha value is -3.56. The molecule has 3 rings (SSSR count). The van der Waals surface area contributed by atoms with E-state index in [0.29, 0.717) is 23.6 Å². The third-order valence-electron chi connectivity index (χ3n) is 6.28. The van der Waals surface area contributed by atoms with Crippen molar-refractivity contribution in [2.24, 2.45) is 0 Å². The zero-order valence-corrected chi connectivity index (χ0v) is 22.3. The van der Waals surface area contributed by atoms with Crippen LogP contribution < -0.4 is 14.2 Å². The first-order chi connectivity index (χ1) is 17.7. The van der Waals surface area contributed by atoms with Gasteiger partial charge in [-0.15, -0.1) is 0 Å². The van der Waals surface area contributed by atoms with E-state index in [9.17, 15) is 19.5 Å². The number of nitrogens with zero attached hydrogens (tertiary/aromatic N) is 2. The standard InChI is InChI=1S/C27H31ClN2O7/c1-6-29(7-2)12-13-30-24(17-8-10-18(11-9-17)37-16(3)31)23(26(33)27(30)34)25(32)19-14-20(28)22(36-5)15-21(19)35-4/h8-11,14-15,24,32H,6-7,12-13H2,1-5H3/b25-23+. The minimum absolute atomic E-state index is 0.0932. The summed E-state index contributed by atoms with van der Waals surface area (Å²) in [5, 5.41) is 11.6. The second-order valence-corrected chi connectivity index (χ2v) is 8.78. The number of aliphatic hydroxyl groups is 1.